The largest absolute Gasteiger partial charge is 0.480 e. The van der Waals surface area contributed by atoms with Crippen LogP contribution in [0.5, 0.6) is 5.75 Å². The van der Waals surface area contributed by atoms with Crippen LogP contribution in [0.3, 0.4) is 0 Å². The highest BCUT2D eigenvalue weighted by Crippen LogP contribution is 2.31. The lowest BCUT2D eigenvalue weighted by Gasteiger charge is -2.31. The van der Waals surface area contributed by atoms with E-state index in [2.05, 4.69) is 27.7 Å². The number of nitrogens with one attached hydrogen (secondary N) is 1. The minimum Gasteiger partial charge on any atom is -0.480 e. The highest BCUT2D eigenvalue weighted by molar-refractivity contribution is 7.09. The van der Waals surface area contributed by atoms with E-state index in [0.29, 0.717) is 17.4 Å². The van der Waals surface area contributed by atoms with Crippen LogP contribution in [-0.2, 0) is 17.8 Å². The Morgan fingerprint density at radius 3 is 2.92 bits per heavy atom. The number of carbonyl (C=O) groups excluding carboxylic acids is 1. The number of ether oxygens (including phenoxy) is 1. The van der Waals surface area contributed by atoms with Gasteiger partial charge in [-0.3, -0.25) is 9.69 Å². The van der Waals surface area contributed by atoms with Crippen molar-refractivity contribution in [3.8, 4) is 5.75 Å². The van der Waals surface area contributed by atoms with E-state index in [1.165, 1.54) is 4.88 Å². The average Bonchev–Trinajstić information content (AvgIpc) is 3.30. The van der Waals surface area contributed by atoms with Crippen LogP contribution >= 0.6 is 22.9 Å². The molecule has 3 heterocycles. The Hall–Kier alpha value is -1.56. The molecule has 0 bridgehead atoms. The SMILES string of the molecule is O=C(NCC1CCN(Cc2cccs2)CC1)C1Cc2cc(Cl)ccc2O1. The van der Waals surface area contributed by atoms with Crippen molar-refractivity contribution in [3.63, 3.8) is 0 Å². The van der Waals surface area contributed by atoms with E-state index in [9.17, 15) is 4.79 Å². The number of likely N-dealkylation sites (tertiary alicyclic amines) is 1. The predicted octanol–water partition coefficient (Wildman–Crippen LogP) is 3.73. The van der Waals surface area contributed by atoms with Crippen LogP contribution in [0, 0.1) is 5.92 Å². The molecule has 1 aromatic heterocycles. The molecule has 1 fully saturated rings. The van der Waals surface area contributed by atoms with Gasteiger partial charge in [-0.1, -0.05) is 17.7 Å². The normalized spacial score (nSPS) is 20.6. The average molecular weight is 391 g/mol. The molecule has 0 radical (unpaired) electrons. The molecule has 1 amide bonds. The fraction of sp³-hybridized carbons (Fsp3) is 0.450. The molecule has 26 heavy (non-hydrogen) atoms. The Morgan fingerprint density at radius 2 is 2.15 bits per heavy atom. The molecule has 2 aromatic rings. The molecule has 1 N–H and O–H groups in total. The van der Waals surface area contributed by atoms with Gasteiger partial charge in [-0.2, -0.15) is 0 Å². The van der Waals surface area contributed by atoms with Gasteiger partial charge in [0.1, 0.15) is 5.75 Å². The zero-order valence-electron chi connectivity index (χ0n) is 14.6. The number of thiophene rings is 1. The standard InChI is InChI=1S/C20H23ClN2O2S/c21-16-3-4-18-15(10-16)11-19(25-18)20(24)22-12-14-5-7-23(8-6-14)13-17-2-1-9-26-17/h1-4,9-10,14,19H,5-8,11-13H2,(H,22,24). The van der Waals surface area contributed by atoms with Gasteiger partial charge in [-0.15, -0.1) is 11.3 Å². The number of nitrogens with zero attached hydrogens (tertiary/aromatic N) is 1. The molecular formula is C20H23ClN2O2S. The fourth-order valence-corrected chi connectivity index (χ4v) is 4.63. The lowest BCUT2D eigenvalue weighted by molar-refractivity contribution is -0.127. The maximum Gasteiger partial charge on any atom is 0.261 e. The molecule has 1 aromatic carbocycles. The van der Waals surface area contributed by atoms with Crippen molar-refractivity contribution >= 4 is 28.8 Å². The molecule has 4 rings (SSSR count). The second-order valence-corrected chi connectivity index (χ2v) is 8.58. The van der Waals surface area contributed by atoms with Crippen molar-refractivity contribution in [2.45, 2.75) is 31.9 Å². The van der Waals surface area contributed by atoms with E-state index in [0.717, 1.165) is 50.3 Å². The van der Waals surface area contributed by atoms with Crippen LogP contribution in [-0.4, -0.2) is 36.5 Å². The first-order chi connectivity index (χ1) is 12.7. The number of hydrogen-bond donors (Lipinski definition) is 1. The van der Waals surface area contributed by atoms with E-state index < -0.39 is 6.10 Å². The van der Waals surface area contributed by atoms with E-state index in [-0.39, 0.29) is 5.91 Å². The zero-order valence-corrected chi connectivity index (χ0v) is 16.2. The molecule has 2 aliphatic rings. The smallest absolute Gasteiger partial charge is 0.261 e. The first-order valence-corrected chi connectivity index (χ1v) is 10.4. The van der Waals surface area contributed by atoms with E-state index in [1.54, 1.807) is 6.07 Å². The van der Waals surface area contributed by atoms with Crippen LogP contribution in [0.15, 0.2) is 35.7 Å². The molecule has 1 atom stereocenters. The van der Waals surface area contributed by atoms with Crippen molar-refractivity contribution in [2.75, 3.05) is 19.6 Å². The monoisotopic (exact) mass is 390 g/mol. The molecule has 138 valence electrons. The lowest BCUT2D eigenvalue weighted by atomic mass is 9.96. The molecule has 6 heteroatoms. The number of carbonyl (C=O) groups is 1. The number of rotatable bonds is 5. The van der Waals surface area contributed by atoms with Gasteiger partial charge >= 0.3 is 0 Å². The van der Waals surface area contributed by atoms with Gasteiger partial charge in [0.2, 0.25) is 0 Å². The summed E-state index contributed by atoms with van der Waals surface area (Å²) in [5.41, 5.74) is 1.01. The first-order valence-electron chi connectivity index (χ1n) is 9.15. The summed E-state index contributed by atoms with van der Waals surface area (Å²) >= 11 is 7.83. The molecule has 1 saturated heterocycles. The summed E-state index contributed by atoms with van der Waals surface area (Å²) in [7, 11) is 0. The molecule has 2 aliphatic heterocycles. The third kappa shape index (κ3) is 4.22. The second-order valence-electron chi connectivity index (χ2n) is 7.11. The highest BCUT2D eigenvalue weighted by Gasteiger charge is 2.30. The zero-order chi connectivity index (χ0) is 17.9. The third-order valence-electron chi connectivity index (χ3n) is 5.22. The Kier molecular flexibility index (Phi) is 5.48. The maximum absolute atomic E-state index is 12.4. The Balaban J connectivity index is 1.20. The summed E-state index contributed by atoms with van der Waals surface area (Å²) in [6.07, 6.45) is 2.43. The van der Waals surface area contributed by atoms with Crippen LogP contribution < -0.4 is 10.1 Å². The highest BCUT2D eigenvalue weighted by atomic mass is 35.5. The van der Waals surface area contributed by atoms with Gasteiger partial charge < -0.3 is 10.1 Å². The maximum atomic E-state index is 12.4. The summed E-state index contributed by atoms with van der Waals surface area (Å²) in [6.45, 7) is 3.99. The number of halogens is 1. The molecule has 1 unspecified atom stereocenters. The van der Waals surface area contributed by atoms with Gasteiger partial charge in [-0.05, 0) is 67.1 Å². The number of piperidine rings is 1. The summed E-state index contributed by atoms with van der Waals surface area (Å²) < 4.78 is 5.76. The van der Waals surface area contributed by atoms with E-state index in [1.807, 2.05) is 23.5 Å². The topological polar surface area (TPSA) is 41.6 Å². The number of benzene rings is 1. The minimum absolute atomic E-state index is 0.0154. The molecular weight excluding hydrogens is 368 g/mol. The predicted molar refractivity (Wildman–Crippen MR) is 105 cm³/mol. The summed E-state index contributed by atoms with van der Waals surface area (Å²) in [5, 5.41) is 5.91. The van der Waals surface area contributed by atoms with E-state index >= 15 is 0 Å². The number of fused-ring (bicyclic) bond motifs is 1. The van der Waals surface area contributed by atoms with Crippen LogP contribution in [0.4, 0.5) is 0 Å². The fourth-order valence-electron chi connectivity index (χ4n) is 3.69. The summed E-state index contributed by atoms with van der Waals surface area (Å²) in [5.74, 6) is 1.31. The van der Waals surface area contributed by atoms with Crippen molar-refractivity contribution < 1.29 is 9.53 Å². The van der Waals surface area contributed by atoms with Gasteiger partial charge in [0, 0.05) is 29.4 Å². The third-order valence-corrected chi connectivity index (χ3v) is 6.32. The van der Waals surface area contributed by atoms with Gasteiger partial charge in [0.05, 0.1) is 0 Å². The minimum atomic E-state index is -0.428. The molecule has 0 saturated carbocycles. The van der Waals surface area contributed by atoms with Crippen LogP contribution in [0.1, 0.15) is 23.3 Å². The first kappa shape index (κ1) is 17.8. The quantitative estimate of drug-likeness (QED) is 0.845. The Morgan fingerprint density at radius 1 is 1.31 bits per heavy atom. The van der Waals surface area contributed by atoms with Crippen molar-refractivity contribution in [1.29, 1.82) is 0 Å². The van der Waals surface area contributed by atoms with E-state index in [4.69, 9.17) is 16.3 Å². The molecule has 4 nitrogen and oxygen atoms in total. The lowest BCUT2D eigenvalue weighted by Crippen LogP contribution is -2.42. The Labute approximate surface area is 163 Å². The van der Waals surface area contributed by atoms with Gasteiger partial charge in [0.15, 0.2) is 6.10 Å². The van der Waals surface area contributed by atoms with Crippen LogP contribution in [0.2, 0.25) is 5.02 Å². The van der Waals surface area contributed by atoms with Gasteiger partial charge in [0.25, 0.3) is 5.91 Å². The van der Waals surface area contributed by atoms with Crippen molar-refractivity contribution in [2.24, 2.45) is 5.92 Å². The van der Waals surface area contributed by atoms with Gasteiger partial charge in [-0.25, -0.2) is 0 Å². The van der Waals surface area contributed by atoms with Crippen molar-refractivity contribution in [1.82, 2.24) is 10.2 Å². The van der Waals surface area contributed by atoms with Crippen molar-refractivity contribution in [3.05, 3.63) is 51.2 Å². The summed E-state index contributed by atoms with van der Waals surface area (Å²) in [6, 6.07) is 9.83. The number of hydrogen-bond acceptors (Lipinski definition) is 4. The second kappa shape index (κ2) is 7.99. The summed E-state index contributed by atoms with van der Waals surface area (Å²) in [4.78, 5) is 16.4. The number of amides is 1. The molecule has 0 spiro atoms. The molecule has 0 aliphatic carbocycles. The Bertz CT molecular complexity index is 757. The van der Waals surface area contributed by atoms with Crippen LogP contribution in [0.25, 0.3) is 0 Å².